The maximum atomic E-state index is 13.7. The fourth-order valence-electron chi connectivity index (χ4n) is 5.35. The Bertz CT molecular complexity index is 1220. The van der Waals surface area contributed by atoms with Crippen LogP contribution in [-0.4, -0.2) is 34.6 Å². The summed E-state index contributed by atoms with van der Waals surface area (Å²) in [5.41, 5.74) is 5.41. The van der Waals surface area contributed by atoms with E-state index in [0.717, 1.165) is 4.90 Å². The fraction of sp³-hybridized carbons (Fsp3) is 0.304. The third-order valence-electron chi connectivity index (χ3n) is 6.78. The number of rotatable bonds is 5. The predicted octanol–water partition coefficient (Wildman–Crippen LogP) is 2.18. The highest BCUT2D eigenvalue weighted by Gasteiger charge is 2.70. The molecule has 0 saturated carbocycles. The number of primary amides is 1. The Morgan fingerprint density at radius 2 is 1.76 bits per heavy atom. The van der Waals surface area contributed by atoms with Gasteiger partial charge in [-0.15, -0.1) is 0 Å². The average molecular weight is 487 g/mol. The Morgan fingerprint density at radius 3 is 2.48 bits per heavy atom. The summed E-state index contributed by atoms with van der Waals surface area (Å²) < 4.78 is 0. The second kappa shape index (κ2) is 7.83. The van der Waals surface area contributed by atoms with Gasteiger partial charge in [0, 0.05) is 23.0 Å². The number of hydrogen-bond acceptors (Lipinski definition) is 5. The quantitative estimate of drug-likeness (QED) is 0.559. The molecule has 3 aliphatic heterocycles. The van der Waals surface area contributed by atoms with Crippen molar-refractivity contribution >= 4 is 52.5 Å². The Kier molecular flexibility index (Phi) is 5.19. The van der Waals surface area contributed by atoms with Crippen molar-refractivity contribution in [1.82, 2.24) is 10.2 Å². The van der Waals surface area contributed by atoms with Crippen LogP contribution in [0.1, 0.15) is 24.0 Å². The number of nitrogens with one attached hydrogen (secondary N) is 2. The number of imide groups is 1. The second-order valence-corrected chi connectivity index (χ2v) is 9.35. The number of carbonyl (C=O) groups excluding carboxylic acids is 4. The van der Waals surface area contributed by atoms with Crippen molar-refractivity contribution in [2.75, 3.05) is 5.32 Å². The lowest BCUT2D eigenvalue weighted by atomic mass is 9.76. The lowest BCUT2D eigenvalue weighted by Crippen LogP contribution is -2.53. The fourth-order valence-corrected chi connectivity index (χ4v) is 5.77. The molecule has 3 aliphatic rings. The van der Waals surface area contributed by atoms with E-state index in [2.05, 4.69) is 10.6 Å². The zero-order valence-corrected chi connectivity index (χ0v) is 18.8. The molecule has 170 valence electrons. The van der Waals surface area contributed by atoms with E-state index in [4.69, 9.17) is 28.9 Å². The van der Waals surface area contributed by atoms with Crippen LogP contribution in [0.5, 0.6) is 0 Å². The summed E-state index contributed by atoms with van der Waals surface area (Å²) in [7, 11) is 0. The van der Waals surface area contributed by atoms with E-state index in [1.165, 1.54) is 0 Å². The molecule has 2 saturated heterocycles. The number of amides is 4. The Balaban J connectivity index is 1.60. The van der Waals surface area contributed by atoms with Gasteiger partial charge in [0.05, 0.1) is 29.1 Å². The predicted molar refractivity (Wildman–Crippen MR) is 121 cm³/mol. The van der Waals surface area contributed by atoms with Crippen molar-refractivity contribution in [3.63, 3.8) is 0 Å². The van der Waals surface area contributed by atoms with Gasteiger partial charge in [-0.1, -0.05) is 53.5 Å². The zero-order chi connectivity index (χ0) is 23.5. The normalized spacial score (nSPS) is 27.8. The highest BCUT2D eigenvalue weighted by Crippen LogP contribution is 2.54. The van der Waals surface area contributed by atoms with E-state index < -0.39 is 47.0 Å². The molecule has 0 aliphatic carbocycles. The van der Waals surface area contributed by atoms with Crippen LogP contribution in [0, 0.1) is 11.8 Å². The molecule has 4 N–H and O–H groups in total. The minimum atomic E-state index is -1.48. The molecule has 0 aromatic heterocycles. The lowest BCUT2D eigenvalue weighted by Gasteiger charge is -2.29. The molecule has 10 heteroatoms. The first-order chi connectivity index (χ1) is 15.8. The van der Waals surface area contributed by atoms with Gasteiger partial charge in [0.1, 0.15) is 5.54 Å². The highest BCUT2D eigenvalue weighted by atomic mass is 35.5. The van der Waals surface area contributed by atoms with Crippen LogP contribution in [0.15, 0.2) is 42.5 Å². The van der Waals surface area contributed by atoms with Gasteiger partial charge < -0.3 is 11.1 Å². The zero-order valence-electron chi connectivity index (χ0n) is 17.3. The van der Waals surface area contributed by atoms with Gasteiger partial charge in [-0.2, -0.15) is 0 Å². The number of anilines is 1. The number of para-hydroxylation sites is 1. The largest absolute Gasteiger partial charge is 0.370 e. The Morgan fingerprint density at radius 1 is 1.03 bits per heavy atom. The van der Waals surface area contributed by atoms with E-state index in [9.17, 15) is 19.2 Å². The topological polar surface area (TPSA) is 122 Å². The first kappa shape index (κ1) is 21.9. The first-order valence-corrected chi connectivity index (χ1v) is 11.3. The number of nitrogens with two attached hydrogens (primary N) is 1. The molecule has 4 atom stereocenters. The van der Waals surface area contributed by atoms with Crippen molar-refractivity contribution in [2.24, 2.45) is 17.6 Å². The van der Waals surface area contributed by atoms with E-state index in [0.29, 0.717) is 26.9 Å². The molecule has 8 nitrogen and oxygen atoms in total. The van der Waals surface area contributed by atoms with E-state index in [1.807, 2.05) is 0 Å². The smallest absolute Gasteiger partial charge is 0.250 e. The van der Waals surface area contributed by atoms with E-state index in [1.54, 1.807) is 42.5 Å². The summed E-state index contributed by atoms with van der Waals surface area (Å²) in [4.78, 5) is 53.3. The molecule has 1 spiro atoms. The summed E-state index contributed by atoms with van der Waals surface area (Å²) in [6, 6.07) is 11.4. The highest BCUT2D eigenvalue weighted by molar-refractivity contribution is 6.35. The second-order valence-electron chi connectivity index (χ2n) is 8.54. The summed E-state index contributed by atoms with van der Waals surface area (Å²) in [6.45, 7) is -0.00696. The van der Waals surface area contributed by atoms with Crippen LogP contribution < -0.4 is 16.4 Å². The van der Waals surface area contributed by atoms with Crippen molar-refractivity contribution in [2.45, 2.75) is 31.0 Å². The van der Waals surface area contributed by atoms with Gasteiger partial charge in [-0.3, -0.25) is 29.4 Å². The van der Waals surface area contributed by atoms with Crippen LogP contribution in [0.3, 0.4) is 0 Å². The number of halogens is 2. The molecule has 2 fully saturated rings. The molecule has 2 aromatic carbocycles. The van der Waals surface area contributed by atoms with Gasteiger partial charge in [0.15, 0.2) is 0 Å². The monoisotopic (exact) mass is 486 g/mol. The third kappa shape index (κ3) is 3.16. The van der Waals surface area contributed by atoms with Crippen molar-refractivity contribution in [3.05, 3.63) is 63.6 Å². The number of likely N-dealkylation sites (tertiary alicyclic amines) is 1. The average Bonchev–Trinajstić information content (AvgIpc) is 3.35. The SMILES string of the molecule is NC(=O)CCC1NC2(C(=O)Nc3c(Cl)cccc32)[C@@H]2C(=O)N(Cc3ccccc3Cl)C(=O)[C@H]12. The van der Waals surface area contributed by atoms with Gasteiger partial charge in [-0.25, -0.2) is 0 Å². The molecule has 0 radical (unpaired) electrons. The number of nitrogens with zero attached hydrogens (tertiary/aromatic N) is 1. The van der Waals surface area contributed by atoms with E-state index in [-0.39, 0.29) is 19.4 Å². The molecule has 2 unspecified atom stereocenters. The molecule has 0 bridgehead atoms. The Hall–Kier alpha value is -2.94. The molecule has 33 heavy (non-hydrogen) atoms. The number of benzene rings is 2. The van der Waals surface area contributed by atoms with Crippen LogP contribution in [0.2, 0.25) is 10.0 Å². The summed E-state index contributed by atoms with van der Waals surface area (Å²) >= 11 is 12.6. The summed E-state index contributed by atoms with van der Waals surface area (Å²) in [6.07, 6.45) is 0.216. The van der Waals surface area contributed by atoms with E-state index >= 15 is 0 Å². The van der Waals surface area contributed by atoms with Gasteiger partial charge in [0.25, 0.3) is 0 Å². The molecule has 2 aromatic rings. The van der Waals surface area contributed by atoms with Crippen molar-refractivity contribution in [3.8, 4) is 0 Å². The van der Waals surface area contributed by atoms with Gasteiger partial charge in [0.2, 0.25) is 23.6 Å². The van der Waals surface area contributed by atoms with Gasteiger partial charge in [-0.05, 0) is 24.1 Å². The first-order valence-electron chi connectivity index (χ1n) is 10.5. The molecule has 4 amide bonds. The maximum Gasteiger partial charge on any atom is 0.250 e. The molecule has 5 rings (SSSR count). The minimum Gasteiger partial charge on any atom is -0.370 e. The summed E-state index contributed by atoms with van der Waals surface area (Å²) in [5.74, 6) is -3.70. The lowest BCUT2D eigenvalue weighted by molar-refractivity contribution is -0.143. The number of fused-ring (bicyclic) bond motifs is 4. The van der Waals surface area contributed by atoms with Crippen LogP contribution >= 0.6 is 23.2 Å². The summed E-state index contributed by atoms with van der Waals surface area (Å²) in [5, 5.41) is 6.79. The Labute approximate surface area is 199 Å². The molecule has 3 heterocycles. The third-order valence-corrected chi connectivity index (χ3v) is 7.46. The van der Waals surface area contributed by atoms with Gasteiger partial charge >= 0.3 is 0 Å². The number of carbonyl (C=O) groups is 4. The van der Waals surface area contributed by atoms with Crippen LogP contribution in [0.25, 0.3) is 0 Å². The van der Waals surface area contributed by atoms with Crippen molar-refractivity contribution < 1.29 is 19.2 Å². The van der Waals surface area contributed by atoms with Crippen LogP contribution in [0.4, 0.5) is 5.69 Å². The van der Waals surface area contributed by atoms with Crippen LogP contribution in [-0.2, 0) is 31.3 Å². The number of hydrogen-bond donors (Lipinski definition) is 3. The standard InChI is InChI=1S/C23H20Cl2N4O4/c24-13-6-2-1-4-11(13)10-29-20(31)17-15(8-9-16(26)30)28-23(18(17)21(29)32)12-5-3-7-14(25)19(12)27-22(23)33/h1-7,15,17-18,28H,8-10H2,(H2,26,30)(H,27,33)/t15?,17-,18+,23?/m1/s1. The van der Waals surface area contributed by atoms with Crippen molar-refractivity contribution in [1.29, 1.82) is 0 Å². The molecular weight excluding hydrogens is 467 g/mol. The molecular formula is C23H20Cl2N4O4. The maximum absolute atomic E-state index is 13.7. The minimum absolute atomic E-state index is 0.00692.